The maximum Gasteiger partial charge on any atom is 0.412 e. The maximum atomic E-state index is 12.1. The van der Waals surface area contributed by atoms with E-state index in [-0.39, 0.29) is 11.4 Å². The molecule has 3 nitrogen and oxygen atoms in total. The van der Waals surface area contributed by atoms with Crippen LogP contribution in [0.5, 0.6) is 0 Å². The van der Waals surface area contributed by atoms with E-state index in [2.05, 4.69) is 0 Å². The number of nitrogens with one attached hydrogen (secondary N) is 1. The number of alkyl halides is 3. The second-order valence-corrected chi connectivity index (χ2v) is 2.46. The van der Waals surface area contributed by atoms with E-state index in [0.717, 1.165) is 12.2 Å². The van der Waals surface area contributed by atoms with E-state index in [4.69, 9.17) is 11.0 Å². The monoisotopic (exact) mass is 189 g/mol. The van der Waals surface area contributed by atoms with Crippen LogP contribution < -0.4 is 11.1 Å². The highest BCUT2D eigenvalue weighted by Gasteiger charge is 2.39. The molecule has 1 aliphatic heterocycles. The molecule has 0 radical (unpaired) electrons. The summed E-state index contributed by atoms with van der Waals surface area (Å²) in [6.45, 7) is 0. The van der Waals surface area contributed by atoms with Crippen molar-refractivity contribution >= 4 is 0 Å². The first-order valence-corrected chi connectivity index (χ1v) is 3.36. The van der Waals surface area contributed by atoms with E-state index in [0.29, 0.717) is 0 Å². The fourth-order valence-corrected chi connectivity index (χ4v) is 0.858. The minimum atomic E-state index is -4.40. The molecule has 3 N–H and O–H groups in total. The summed E-state index contributed by atoms with van der Waals surface area (Å²) < 4.78 is 36.3. The molecule has 1 aliphatic rings. The van der Waals surface area contributed by atoms with Crippen LogP contribution >= 0.6 is 0 Å². The number of allylic oxidation sites excluding steroid dienone is 2. The highest BCUT2D eigenvalue weighted by Crippen LogP contribution is 2.24. The number of rotatable bonds is 0. The Labute approximate surface area is 72.3 Å². The minimum Gasteiger partial charge on any atom is -0.396 e. The summed E-state index contributed by atoms with van der Waals surface area (Å²) in [4.78, 5) is 0. The lowest BCUT2D eigenvalue weighted by Crippen LogP contribution is -2.42. The molecule has 0 spiro atoms. The standard InChI is InChI=1S/C7H6F3N3/c8-7(9,10)6-2-1-4(12)5(3-11)13-6/h1-2,6,13H,12H2. The van der Waals surface area contributed by atoms with Crippen molar-refractivity contribution in [1.82, 2.24) is 5.32 Å². The summed E-state index contributed by atoms with van der Waals surface area (Å²) in [5.41, 5.74) is 5.01. The fraction of sp³-hybridized carbons (Fsp3) is 0.286. The third kappa shape index (κ3) is 1.93. The average molecular weight is 189 g/mol. The molecule has 1 unspecified atom stereocenters. The third-order valence-corrected chi connectivity index (χ3v) is 1.52. The van der Waals surface area contributed by atoms with Crippen molar-refractivity contribution in [2.75, 3.05) is 0 Å². The molecule has 13 heavy (non-hydrogen) atoms. The molecular formula is C7H6F3N3. The number of nitrogens with two attached hydrogens (primary N) is 1. The van der Waals surface area contributed by atoms with Gasteiger partial charge in [0.05, 0.1) is 5.70 Å². The van der Waals surface area contributed by atoms with Gasteiger partial charge in [-0.15, -0.1) is 0 Å². The van der Waals surface area contributed by atoms with Crippen LogP contribution in [-0.2, 0) is 0 Å². The van der Waals surface area contributed by atoms with Crippen LogP contribution in [0.1, 0.15) is 0 Å². The lowest BCUT2D eigenvalue weighted by Gasteiger charge is -2.22. The summed E-state index contributed by atoms with van der Waals surface area (Å²) in [7, 11) is 0. The normalized spacial score (nSPS) is 22.5. The van der Waals surface area contributed by atoms with Gasteiger partial charge in [0, 0.05) is 0 Å². The second-order valence-electron chi connectivity index (χ2n) is 2.46. The molecule has 0 amide bonds. The predicted octanol–water partition coefficient (Wildman–Crippen LogP) is 0.771. The molecular weight excluding hydrogens is 183 g/mol. The summed E-state index contributed by atoms with van der Waals surface area (Å²) >= 11 is 0. The zero-order valence-electron chi connectivity index (χ0n) is 6.39. The van der Waals surface area contributed by atoms with E-state index in [1.54, 1.807) is 6.07 Å². The Bertz CT molecular complexity index is 308. The van der Waals surface area contributed by atoms with Gasteiger partial charge in [0.15, 0.2) is 0 Å². The van der Waals surface area contributed by atoms with Crippen molar-refractivity contribution in [2.45, 2.75) is 12.2 Å². The van der Waals surface area contributed by atoms with Gasteiger partial charge in [-0.2, -0.15) is 18.4 Å². The zero-order valence-corrected chi connectivity index (χ0v) is 6.39. The van der Waals surface area contributed by atoms with Gasteiger partial charge in [0.1, 0.15) is 17.8 Å². The number of halogens is 3. The van der Waals surface area contributed by atoms with Gasteiger partial charge in [-0.1, -0.05) is 6.08 Å². The van der Waals surface area contributed by atoms with E-state index in [1.807, 2.05) is 5.32 Å². The Hall–Kier alpha value is -1.64. The number of dihydropyridines is 1. The van der Waals surface area contributed by atoms with Gasteiger partial charge in [-0.25, -0.2) is 0 Å². The summed E-state index contributed by atoms with van der Waals surface area (Å²) in [5, 5.41) is 10.4. The first-order valence-electron chi connectivity index (χ1n) is 3.36. The smallest absolute Gasteiger partial charge is 0.396 e. The highest BCUT2D eigenvalue weighted by molar-refractivity contribution is 5.36. The van der Waals surface area contributed by atoms with E-state index < -0.39 is 12.2 Å². The van der Waals surface area contributed by atoms with Crippen molar-refractivity contribution in [3.8, 4) is 6.07 Å². The van der Waals surface area contributed by atoms with Crippen LogP contribution in [0.25, 0.3) is 0 Å². The van der Waals surface area contributed by atoms with Gasteiger partial charge in [0.25, 0.3) is 0 Å². The molecule has 1 atom stereocenters. The molecule has 1 rings (SSSR count). The molecule has 0 aromatic heterocycles. The number of hydrogen-bond donors (Lipinski definition) is 2. The van der Waals surface area contributed by atoms with Crippen LogP contribution in [0.15, 0.2) is 23.5 Å². The first kappa shape index (κ1) is 9.45. The Balaban J connectivity index is 2.86. The Kier molecular flexibility index (Phi) is 2.19. The number of hydrogen-bond acceptors (Lipinski definition) is 3. The summed E-state index contributed by atoms with van der Waals surface area (Å²) in [6, 6.07) is -0.277. The van der Waals surface area contributed by atoms with Crippen molar-refractivity contribution < 1.29 is 13.2 Å². The lowest BCUT2D eigenvalue weighted by molar-refractivity contribution is -0.142. The average Bonchev–Trinajstić information content (AvgIpc) is 2.03. The maximum absolute atomic E-state index is 12.1. The molecule has 0 aromatic carbocycles. The molecule has 0 aromatic rings. The molecule has 0 bridgehead atoms. The largest absolute Gasteiger partial charge is 0.412 e. The Morgan fingerprint density at radius 1 is 1.54 bits per heavy atom. The predicted molar refractivity (Wildman–Crippen MR) is 38.9 cm³/mol. The SMILES string of the molecule is N#CC1=C(N)C=CC(C(F)(F)F)N1. The van der Waals surface area contributed by atoms with Crippen LogP contribution in [0.2, 0.25) is 0 Å². The molecule has 0 saturated carbocycles. The zero-order chi connectivity index (χ0) is 10.1. The third-order valence-electron chi connectivity index (χ3n) is 1.52. The van der Waals surface area contributed by atoms with Gasteiger partial charge < -0.3 is 11.1 Å². The second kappa shape index (κ2) is 3.01. The van der Waals surface area contributed by atoms with Crippen molar-refractivity contribution in [3.05, 3.63) is 23.5 Å². The van der Waals surface area contributed by atoms with Crippen LogP contribution in [0.3, 0.4) is 0 Å². The first-order chi connectivity index (χ1) is 5.95. The van der Waals surface area contributed by atoms with Crippen molar-refractivity contribution in [3.63, 3.8) is 0 Å². The van der Waals surface area contributed by atoms with E-state index in [1.165, 1.54) is 0 Å². The topological polar surface area (TPSA) is 61.8 Å². The van der Waals surface area contributed by atoms with E-state index >= 15 is 0 Å². The van der Waals surface area contributed by atoms with Crippen LogP contribution in [0, 0.1) is 11.3 Å². The molecule has 70 valence electrons. The van der Waals surface area contributed by atoms with Gasteiger partial charge in [-0.3, -0.25) is 0 Å². The summed E-state index contributed by atoms with van der Waals surface area (Å²) in [5.74, 6) is 0. The van der Waals surface area contributed by atoms with Gasteiger partial charge in [0.2, 0.25) is 0 Å². The van der Waals surface area contributed by atoms with Crippen molar-refractivity contribution in [2.24, 2.45) is 5.73 Å². The molecule has 0 saturated heterocycles. The molecule has 6 heteroatoms. The lowest BCUT2D eigenvalue weighted by atomic mass is 10.1. The molecule has 1 heterocycles. The van der Waals surface area contributed by atoms with Crippen LogP contribution in [-0.4, -0.2) is 12.2 Å². The molecule has 0 fully saturated rings. The summed E-state index contributed by atoms with van der Waals surface area (Å²) in [6.07, 6.45) is -2.46. The number of nitrogens with zero attached hydrogens (tertiary/aromatic N) is 1. The molecule has 0 aliphatic carbocycles. The quantitative estimate of drug-likeness (QED) is 0.591. The van der Waals surface area contributed by atoms with E-state index in [9.17, 15) is 13.2 Å². The fourth-order valence-electron chi connectivity index (χ4n) is 0.858. The number of nitriles is 1. The Morgan fingerprint density at radius 2 is 2.15 bits per heavy atom. The van der Waals surface area contributed by atoms with Gasteiger partial charge >= 0.3 is 6.18 Å². The minimum absolute atomic E-state index is 0.0167. The van der Waals surface area contributed by atoms with Crippen molar-refractivity contribution in [1.29, 1.82) is 5.26 Å². The Morgan fingerprint density at radius 3 is 2.62 bits per heavy atom. The highest BCUT2D eigenvalue weighted by atomic mass is 19.4. The van der Waals surface area contributed by atoms with Crippen LogP contribution in [0.4, 0.5) is 13.2 Å². The van der Waals surface area contributed by atoms with Gasteiger partial charge in [-0.05, 0) is 6.08 Å².